The lowest BCUT2D eigenvalue weighted by molar-refractivity contribution is -0.143. The molecule has 1 aromatic heterocycles. The van der Waals surface area contributed by atoms with E-state index < -0.39 is 17.9 Å². The van der Waals surface area contributed by atoms with Crippen LogP contribution in [0.2, 0.25) is 5.15 Å². The molecule has 0 spiro atoms. The fourth-order valence-corrected chi connectivity index (χ4v) is 2.10. The van der Waals surface area contributed by atoms with Crippen molar-refractivity contribution in [1.29, 1.82) is 0 Å². The number of likely N-dealkylation sites (tertiary alicyclic amines) is 1. The number of aromatic nitrogens is 2. The molecule has 1 fully saturated rings. The summed E-state index contributed by atoms with van der Waals surface area (Å²) in [6.45, 7) is 0.431. The van der Waals surface area contributed by atoms with Gasteiger partial charge in [0.25, 0.3) is 5.91 Å². The molecule has 1 amide bonds. The number of amides is 1. The van der Waals surface area contributed by atoms with Gasteiger partial charge in [0, 0.05) is 6.54 Å². The van der Waals surface area contributed by atoms with E-state index >= 15 is 0 Å². The highest BCUT2D eigenvalue weighted by atomic mass is 35.5. The van der Waals surface area contributed by atoms with Crippen LogP contribution in [0.3, 0.4) is 0 Å². The minimum absolute atomic E-state index is 0.118. The van der Waals surface area contributed by atoms with Crippen LogP contribution in [-0.4, -0.2) is 44.4 Å². The maximum absolute atomic E-state index is 12.1. The summed E-state index contributed by atoms with van der Waals surface area (Å²) in [6, 6.07) is -0.774. The quantitative estimate of drug-likeness (QED) is 0.872. The average Bonchev–Trinajstić information content (AvgIpc) is 2.39. The SMILES string of the molecule is O=C(O)[C@@H]1CCCCN1C(=O)c1cnc(Cl)cn1. The van der Waals surface area contributed by atoms with Crippen molar-refractivity contribution in [2.45, 2.75) is 25.3 Å². The number of hydrogen-bond donors (Lipinski definition) is 1. The Labute approximate surface area is 109 Å². The van der Waals surface area contributed by atoms with Gasteiger partial charge in [-0.25, -0.2) is 14.8 Å². The first kappa shape index (κ1) is 12.8. The van der Waals surface area contributed by atoms with Gasteiger partial charge in [0.05, 0.1) is 12.4 Å². The molecule has 0 saturated carbocycles. The smallest absolute Gasteiger partial charge is 0.326 e. The summed E-state index contributed by atoms with van der Waals surface area (Å²) in [7, 11) is 0. The van der Waals surface area contributed by atoms with E-state index in [0.717, 1.165) is 12.8 Å². The Balaban J connectivity index is 2.20. The van der Waals surface area contributed by atoms with Gasteiger partial charge in [-0.05, 0) is 19.3 Å². The normalized spacial score (nSPS) is 19.6. The summed E-state index contributed by atoms with van der Waals surface area (Å²) in [4.78, 5) is 32.2. The van der Waals surface area contributed by atoms with E-state index in [0.29, 0.717) is 13.0 Å². The minimum Gasteiger partial charge on any atom is -0.480 e. The zero-order valence-corrected chi connectivity index (χ0v) is 10.3. The van der Waals surface area contributed by atoms with Crippen molar-refractivity contribution >= 4 is 23.5 Å². The number of carbonyl (C=O) groups is 2. The van der Waals surface area contributed by atoms with Crippen LogP contribution in [0.5, 0.6) is 0 Å². The Morgan fingerprint density at radius 2 is 2.11 bits per heavy atom. The van der Waals surface area contributed by atoms with E-state index in [9.17, 15) is 9.59 Å². The van der Waals surface area contributed by atoms with Crippen LogP contribution < -0.4 is 0 Å². The Hall–Kier alpha value is -1.69. The number of carboxylic acids is 1. The van der Waals surface area contributed by atoms with Crippen LogP contribution in [0.25, 0.3) is 0 Å². The van der Waals surface area contributed by atoms with Crippen LogP contribution in [0.4, 0.5) is 0 Å². The van der Waals surface area contributed by atoms with Gasteiger partial charge >= 0.3 is 5.97 Å². The number of carboxylic acid groups (broad SMARTS) is 1. The molecule has 0 bridgehead atoms. The van der Waals surface area contributed by atoms with Crippen molar-refractivity contribution < 1.29 is 14.7 Å². The Kier molecular flexibility index (Phi) is 3.76. The van der Waals surface area contributed by atoms with Crippen molar-refractivity contribution in [3.63, 3.8) is 0 Å². The van der Waals surface area contributed by atoms with Gasteiger partial charge in [-0.2, -0.15) is 0 Å². The number of nitrogens with zero attached hydrogens (tertiary/aromatic N) is 3. The molecule has 0 radical (unpaired) electrons. The van der Waals surface area contributed by atoms with Crippen molar-refractivity contribution in [2.75, 3.05) is 6.54 Å². The molecule has 1 atom stereocenters. The second-order valence-electron chi connectivity index (χ2n) is 4.07. The third kappa shape index (κ3) is 2.59. The van der Waals surface area contributed by atoms with Gasteiger partial charge in [0.15, 0.2) is 0 Å². The lowest BCUT2D eigenvalue weighted by Crippen LogP contribution is -2.48. The zero-order valence-electron chi connectivity index (χ0n) is 9.54. The topological polar surface area (TPSA) is 83.4 Å². The van der Waals surface area contributed by atoms with Crippen molar-refractivity contribution in [3.8, 4) is 0 Å². The molecule has 96 valence electrons. The van der Waals surface area contributed by atoms with Crippen molar-refractivity contribution in [1.82, 2.24) is 14.9 Å². The van der Waals surface area contributed by atoms with Gasteiger partial charge in [-0.3, -0.25) is 4.79 Å². The average molecular weight is 270 g/mol. The number of aliphatic carboxylic acids is 1. The van der Waals surface area contributed by atoms with Crippen LogP contribution >= 0.6 is 11.6 Å². The van der Waals surface area contributed by atoms with Gasteiger partial charge in [0.1, 0.15) is 16.9 Å². The summed E-state index contributed by atoms with van der Waals surface area (Å²) in [5.74, 6) is -1.39. The summed E-state index contributed by atoms with van der Waals surface area (Å²) < 4.78 is 0. The largest absolute Gasteiger partial charge is 0.480 e. The molecule has 7 heteroatoms. The number of carbonyl (C=O) groups excluding carboxylic acids is 1. The third-order valence-corrected chi connectivity index (χ3v) is 3.08. The first-order valence-corrected chi connectivity index (χ1v) is 5.98. The molecular formula is C11H12ClN3O3. The Morgan fingerprint density at radius 3 is 2.72 bits per heavy atom. The lowest BCUT2D eigenvalue weighted by Gasteiger charge is -2.32. The molecule has 2 rings (SSSR count). The van der Waals surface area contributed by atoms with Gasteiger partial charge in [-0.15, -0.1) is 0 Å². The monoisotopic (exact) mass is 269 g/mol. The maximum atomic E-state index is 12.1. The summed E-state index contributed by atoms with van der Waals surface area (Å²) >= 11 is 5.59. The highest BCUT2D eigenvalue weighted by Crippen LogP contribution is 2.19. The number of piperidine rings is 1. The van der Waals surface area contributed by atoms with Crippen LogP contribution in [-0.2, 0) is 4.79 Å². The van der Waals surface area contributed by atoms with Crippen LogP contribution in [0, 0.1) is 0 Å². The molecular weight excluding hydrogens is 258 g/mol. The second-order valence-corrected chi connectivity index (χ2v) is 4.46. The Morgan fingerprint density at radius 1 is 1.33 bits per heavy atom. The number of rotatable bonds is 2. The highest BCUT2D eigenvalue weighted by molar-refractivity contribution is 6.29. The molecule has 0 aromatic carbocycles. The predicted octanol–water partition coefficient (Wildman–Crippen LogP) is 1.21. The number of hydrogen-bond acceptors (Lipinski definition) is 4. The summed E-state index contributed by atoms with van der Waals surface area (Å²) in [5, 5.41) is 9.29. The van der Waals surface area contributed by atoms with E-state index in [1.54, 1.807) is 0 Å². The third-order valence-electron chi connectivity index (χ3n) is 2.89. The van der Waals surface area contributed by atoms with Gasteiger partial charge < -0.3 is 10.0 Å². The van der Waals surface area contributed by atoms with Crippen LogP contribution in [0.1, 0.15) is 29.8 Å². The first-order chi connectivity index (χ1) is 8.59. The molecule has 0 aliphatic carbocycles. The fourth-order valence-electron chi connectivity index (χ4n) is 2.00. The standard InChI is InChI=1S/C11H12ClN3O3/c12-9-6-13-7(5-14-9)10(16)15-4-2-1-3-8(15)11(17)18/h5-6,8H,1-4H2,(H,17,18)/t8-/m0/s1. The van der Waals surface area contributed by atoms with Crippen molar-refractivity contribution in [2.24, 2.45) is 0 Å². The molecule has 2 heterocycles. The van der Waals surface area contributed by atoms with E-state index in [1.807, 2.05) is 0 Å². The summed E-state index contributed by atoms with van der Waals surface area (Å²) in [6.07, 6.45) is 4.62. The van der Waals surface area contributed by atoms with Crippen molar-refractivity contribution in [3.05, 3.63) is 23.2 Å². The molecule has 1 saturated heterocycles. The summed E-state index contributed by atoms with van der Waals surface area (Å²) in [5.41, 5.74) is 0.118. The minimum atomic E-state index is -0.982. The predicted molar refractivity (Wildman–Crippen MR) is 63.4 cm³/mol. The Bertz CT molecular complexity index is 463. The second kappa shape index (κ2) is 5.30. The number of halogens is 1. The molecule has 18 heavy (non-hydrogen) atoms. The maximum Gasteiger partial charge on any atom is 0.326 e. The van der Waals surface area contributed by atoms with Gasteiger partial charge in [-0.1, -0.05) is 11.6 Å². The molecule has 0 unspecified atom stereocenters. The highest BCUT2D eigenvalue weighted by Gasteiger charge is 2.33. The fraction of sp³-hybridized carbons (Fsp3) is 0.455. The van der Waals surface area contributed by atoms with Gasteiger partial charge in [0.2, 0.25) is 0 Å². The zero-order chi connectivity index (χ0) is 13.1. The molecule has 1 N–H and O–H groups in total. The molecule has 6 nitrogen and oxygen atoms in total. The molecule has 1 aliphatic rings. The molecule has 1 aliphatic heterocycles. The first-order valence-electron chi connectivity index (χ1n) is 5.61. The van der Waals surface area contributed by atoms with Crippen LogP contribution in [0.15, 0.2) is 12.4 Å². The molecule has 1 aromatic rings. The van der Waals surface area contributed by atoms with E-state index in [2.05, 4.69) is 9.97 Å². The van der Waals surface area contributed by atoms with E-state index in [1.165, 1.54) is 17.3 Å². The lowest BCUT2D eigenvalue weighted by atomic mass is 10.0. The van der Waals surface area contributed by atoms with E-state index in [4.69, 9.17) is 16.7 Å². The van der Waals surface area contributed by atoms with E-state index in [-0.39, 0.29) is 10.8 Å².